The average molecular weight is 912 g/mol. The van der Waals surface area contributed by atoms with E-state index in [2.05, 4.69) is 42.5 Å². The number of aromatic nitrogens is 3. The second kappa shape index (κ2) is 19.8. The summed E-state index contributed by atoms with van der Waals surface area (Å²) in [4.78, 5) is 69.7. The molecule has 17 heteroatoms. The Hall–Kier alpha value is -5.39. The standard InChI is InChI=1S/C49H60F3N9O5/c50-49(51,52)38-3-1-2-36(25-38)45(64)56-48-54-42-24-34(6-10-43(42)61(48)39-7-4-33(31-62)5-8-39)30-58-20-22-60(23-21-58)47(66)35-14-16-57(17-15-35)29-32-12-18-59(19-13-32)40-26-37(27-53-28-40)41-9-11-44(63)55-46(41)65/h1-3,6,10,24-28,32-33,35,39,41,62H,4-5,7-9,11-23,29-31H2,(H,54,56,64)(H,55,63,65)/t33-,39+,41?. The zero-order chi connectivity index (χ0) is 46.0. The van der Waals surface area contributed by atoms with Crippen molar-refractivity contribution in [1.29, 1.82) is 0 Å². The van der Waals surface area contributed by atoms with Crippen molar-refractivity contribution < 1.29 is 37.5 Å². The average Bonchev–Trinajstić information content (AvgIpc) is 3.68. The van der Waals surface area contributed by atoms with E-state index in [1.165, 1.54) is 12.1 Å². The number of anilines is 2. The normalized spacial score (nSPS) is 23.3. The Bertz CT molecular complexity index is 2390. The van der Waals surface area contributed by atoms with E-state index in [1.807, 2.05) is 27.8 Å². The van der Waals surface area contributed by atoms with E-state index in [4.69, 9.17) is 4.98 Å². The number of amides is 4. The van der Waals surface area contributed by atoms with Crippen molar-refractivity contribution in [2.24, 2.45) is 17.8 Å². The number of aliphatic hydroxyl groups excluding tert-OH is 1. The SMILES string of the molecule is O=C1CCC(c2cncc(N3CCC(CN4CCC(C(=O)N5CCN(Cc6ccc7c(c6)nc(NC(=O)c6cccc(C(F)(F)F)c6)n7[C@H]6CC[C@@H](CO)CC6)CC5)CC4)CC3)c2)C(=O)N1. The van der Waals surface area contributed by atoms with Crippen LogP contribution in [0.4, 0.5) is 24.8 Å². The van der Waals surface area contributed by atoms with E-state index in [0.29, 0.717) is 49.9 Å². The molecule has 1 unspecified atom stereocenters. The van der Waals surface area contributed by atoms with Crippen molar-refractivity contribution in [3.05, 3.63) is 83.2 Å². The molecule has 5 aliphatic rings. The molecule has 2 aromatic heterocycles. The number of alkyl halides is 3. The Labute approximate surface area is 382 Å². The fraction of sp³-hybridized carbons (Fsp3) is 0.551. The maximum Gasteiger partial charge on any atom is 0.416 e. The van der Waals surface area contributed by atoms with Gasteiger partial charge in [0.1, 0.15) is 0 Å². The minimum absolute atomic E-state index is 0.00621. The first kappa shape index (κ1) is 45.8. The van der Waals surface area contributed by atoms with Gasteiger partial charge in [-0.1, -0.05) is 12.1 Å². The van der Waals surface area contributed by atoms with Crippen molar-refractivity contribution >= 4 is 46.3 Å². The second-order valence-corrected chi connectivity index (χ2v) is 19.1. The monoisotopic (exact) mass is 911 g/mol. The number of rotatable bonds is 11. The van der Waals surface area contributed by atoms with Gasteiger partial charge in [-0.2, -0.15) is 13.2 Å². The van der Waals surface area contributed by atoms with Crippen LogP contribution in [0.5, 0.6) is 0 Å². The summed E-state index contributed by atoms with van der Waals surface area (Å²) in [7, 11) is 0. The number of carbonyl (C=O) groups is 4. The van der Waals surface area contributed by atoms with Crippen molar-refractivity contribution in [1.82, 2.24) is 34.6 Å². The van der Waals surface area contributed by atoms with E-state index < -0.39 is 17.6 Å². The van der Waals surface area contributed by atoms with E-state index in [0.717, 1.165) is 132 Å². The molecule has 0 spiro atoms. The minimum Gasteiger partial charge on any atom is -0.396 e. The van der Waals surface area contributed by atoms with Crippen LogP contribution in [-0.4, -0.2) is 123 Å². The van der Waals surface area contributed by atoms with Crippen molar-refractivity contribution in [2.45, 2.75) is 88.9 Å². The predicted molar refractivity (Wildman–Crippen MR) is 243 cm³/mol. The number of likely N-dealkylation sites (tertiary alicyclic amines) is 1. The largest absolute Gasteiger partial charge is 0.416 e. The molecule has 4 amide bonds. The number of carbonyl (C=O) groups excluding carboxylic acids is 4. The van der Waals surface area contributed by atoms with Gasteiger partial charge in [0, 0.05) is 89.1 Å². The zero-order valence-corrected chi connectivity index (χ0v) is 37.4. The maximum atomic E-state index is 13.8. The highest BCUT2D eigenvalue weighted by atomic mass is 19.4. The number of nitrogens with zero attached hydrogens (tertiary/aromatic N) is 7. The highest BCUT2D eigenvalue weighted by molar-refractivity contribution is 6.04. The molecule has 9 rings (SSSR count). The summed E-state index contributed by atoms with van der Waals surface area (Å²) in [5.41, 5.74) is 3.45. The molecule has 1 atom stereocenters. The predicted octanol–water partition coefficient (Wildman–Crippen LogP) is 6.22. The first-order valence-corrected chi connectivity index (χ1v) is 23.8. The highest BCUT2D eigenvalue weighted by Crippen LogP contribution is 2.38. The Kier molecular flexibility index (Phi) is 13.7. The third kappa shape index (κ3) is 10.4. The summed E-state index contributed by atoms with van der Waals surface area (Å²) in [6.45, 7) is 8.36. The van der Waals surface area contributed by atoms with Crippen LogP contribution in [-0.2, 0) is 27.1 Å². The molecule has 1 saturated carbocycles. The molecule has 3 N–H and O–H groups in total. The number of hydrogen-bond donors (Lipinski definition) is 3. The lowest BCUT2D eigenvalue weighted by atomic mass is 9.86. The van der Waals surface area contributed by atoms with Crippen molar-refractivity contribution in [3.8, 4) is 0 Å². The number of fused-ring (bicyclic) bond motifs is 1. The first-order chi connectivity index (χ1) is 31.9. The maximum absolute atomic E-state index is 13.8. The number of aliphatic hydroxyl groups is 1. The fourth-order valence-corrected chi connectivity index (χ4v) is 10.9. The van der Waals surface area contributed by atoms with Crippen LogP contribution in [0.15, 0.2) is 60.9 Å². The molecule has 4 aliphatic heterocycles. The van der Waals surface area contributed by atoms with E-state index in [9.17, 15) is 37.5 Å². The van der Waals surface area contributed by atoms with Gasteiger partial charge in [0.25, 0.3) is 5.91 Å². The third-order valence-electron chi connectivity index (χ3n) is 14.8. The molecule has 1 aliphatic carbocycles. The summed E-state index contributed by atoms with van der Waals surface area (Å²) in [6, 6.07) is 12.5. The number of piperidine rings is 3. The van der Waals surface area contributed by atoms with Gasteiger partial charge in [0.15, 0.2) is 0 Å². The van der Waals surface area contributed by atoms with Crippen LogP contribution >= 0.6 is 0 Å². The lowest BCUT2D eigenvalue weighted by Crippen LogP contribution is -2.51. The van der Waals surface area contributed by atoms with Gasteiger partial charge in [-0.05, 0) is 130 Å². The topological polar surface area (TPSA) is 156 Å². The number of piperazine rings is 1. The van der Waals surface area contributed by atoms with Gasteiger partial charge < -0.3 is 24.4 Å². The van der Waals surface area contributed by atoms with Crippen LogP contribution in [0.25, 0.3) is 11.0 Å². The summed E-state index contributed by atoms with van der Waals surface area (Å²) >= 11 is 0. The number of imidazole rings is 1. The van der Waals surface area contributed by atoms with Gasteiger partial charge in [0.05, 0.1) is 34.4 Å². The van der Waals surface area contributed by atoms with Crippen LogP contribution in [0, 0.1) is 17.8 Å². The highest BCUT2D eigenvalue weighted by Gasteiger charge is 2.34. The number of pyridine rings is 1. The molecular formula is C49H60F3N9O5. The molecule has 4 saturated heterocycles. The third-order valence-corrected chi connectivity index (χ3v) is 14.8. The Balaban J connectivity index is 0.747. The van der Waals surface area contributed by atoms with Gasteiger partial charge in [-0.25, -0.2) is 4.98 Å². The van der Waals surface area contributed by atoms with Crippen LogP contribution < -0.4 is 15.5 Å². The summed E-state index contributed by atoms with van der Waals surface area (Å²) in [5.74, 6) is -0.0770. The Morgan fingerprint density at radius 2 is 1.56 bits per heavy atom. The van der Waals surface area contributed by atoms with Crippen LogP contribution in [0.3, 0.4) is 0 Å². The molecule has 352 valence electrons. The molecule has 14 nitrogen and oxygen atoms in total. The molecule has 6 heterocycles. The quantitative estimate of drug-likeness (QED) is 0.148. The van der Waals surface area contributed by atoms with E-state index >= 15 is 0 Å². The lowest BCUT2D eigenvalue weighted by molar-refractivity contribution is -0.139. The summed E-state index contributed by atoms with van der Waals surface area (Å²) < 4.78 is 42.4. The van der Waals surface area contributed by atoms with E-state index in [1.54, 1.807) is 6.20 Å². The zero-order valence-electron chi connectivity index (χ0n) is 37.4. The number of nitrogens with one attached hydrogen (secondary N) is 2. The number of hydrogen-bond acceptors (Lipinski definition) is 10. The number of imide groups is 1. The van der Waals surface area contributed by atoms with Gasteiger partial charge >= 0.3 is 6.18 Å². The molecule has 66 heavy (non-hydrogen) atoms. The first-order valence-electron chi connectivity index (χ1n) is 23.8. The second-order valence-electron chi connectivity index (χ2n) is 19.1. The smallest absolute Gasteiger partial charge is 0.396 e. The molecule has 5 fully saturated rings. The fourth-order valence-electron chi connectivity index (χ4n) is 10.9. The van der Waals surface area contributed by atoms with Gasteiger partial charge in [0.2, 0.25) is 23.7 Å². The van der Waals surface area contributed by atoms with Gasteiger partial charge in [-0.15, -0.1) is 0 Å². The van der Waals surface area contributed by atoms with E-state index in [-0.39, 0.29) is 53.7 Å². The van der Waals surface area contributed by atoms with Crippen molar-refractivity contribution in [3.63, 3.8) is 0 Å². The van der Waals surface area contributed by atoms with Crippen LogP contribution in [0.2, 0.25) is 0 Å². The lowest BCUT2D eigenvalue weighted by Gasteiger charge is -2.40. The molecule has 4 aromatic rings. The van der Waals surface area contributed by atoms with Gasteiger partial charge in [-0.3, -0.25) is 39.7 Å². The summed E-state index contributed by atoms with van der Waals surface area (Å²) in [5, 5.41) is 15.0. The number of halogens is 3. The van der Waals surface area contributed by atoms with Crippen molar-refractivity contribution in [2.75, 3.05) is 75.7 Å². The Morgan fingerprint density at radius 1 is 0.803 bits per heavy atom. The number of benzene rings is 2. The molecule has 0 bridgehead atoms. The molecule has 0 radical (unpaired) electrons. The summed E-state index contributed by atoms with van der Waals surface area (Å²) in [6.07, 6.45) is 6.96. The molecule has 2 aromatic carbocycles. The van der Waals surface area contributed by atoms with Crippen LogP contribution in [0.1, 0.15) is 103 Å². The molecular weight excluding hydrogens is 852 g/mol. The minimum atomic E-state index is -4.58. The Morgan fingerprint density at radius 3 is 2.27 bits per heavy atom.